The summed E-state index contributed by atoms with van der Waals surface area (Å²) >= 11 is 0. The second-order valence-corrected chi connectivity index (χ2v) is 5.37. The normalized spacial score (nSPS) is 19.8. The molecular weight excluding hydrogens is 301 g/mol. The van der Waals surface area contributed by atoms with Crippen molar-refractivity contribution in [2.75, 3.05) is 0 Å². The van der Waals surface area contributed by atoms with Gasteiger partial charge < -0.3 is 9.84 Å². The molecule has 0 radical (unpaired) electrons. The molecule has 1 N–H and O–H groups in total. The van der Waals surface area contributed by atoms with Crippen LogP contribution in [0.15, 0.2) is 23.8 Å². The van der Waals surface area contributed by atoms with Crippen molar-refractivity contribution in [1.82, 2.24) is 0 Å². The van der Waals surface area contributed by atoms with E-state index >= 15 is 0 Å². The number of allylic oxidation sites excluding steroid dienone is 2. The van der Waals surface area contributed by atoms with E-state index in [0.717, 1.165) is 18.2 Å². The van der Waals surface area contributed by atoms with Crippen LogP contribution >= 0.6 is 0 Å². The molecule has 1 aliphatic carbocycles. The maximum absolute atomic E-state index is 12.8. The highest BCUT2D eigenvalue weighted by molar-refractivity contribution is 7.73. The molecule has 20 heavy (non-hydrogen) atoms. The third-order valence-electron chi connectivity index (χ3n) is 2.61. The summed E-state index contributed by atoms with van der Waals surface area (Å²) in [5.74, 6) is -1.56. The molecule has 1 aliphatic rings. The highest BCUT2D eigenvalue weighted by atomic mass is 32.2. The number of ether oxygens (including phenoxy) is 1. The molecule has 112 valence electrons. The third kappa shape index (κ3) is 3.28. The average molecular weight is 312 g/mol. The molecule has 0 saturated heterocycles. The highest BCUT2D eigenvalue weighted by Crippen LogP contribution is 2.35. The van der Waals surface area contributed by atoms with E-state index in [2.05, 4.69) is 0 Å². The number of hydrogen-bond acceptors (Lipinski definition) is 4. The van der Waals surface area contributed by atoms with Gasteiger partial charge in [-0.3, -0.25) is 0 Å². The zero-order valence-electron chi connectivity index (χ0n) is 10.4. The first-order valence-corrected chi connectivity index (χ1v) is 6.37. The Balaban J connectivity index is 3.30. The fourth-order valence-electron chi connectivity index (χ4n) is 1.38. The Morgan fingerprint density at radius 1 is 1.35 bits per heavy atom. The van der Waals surface area contributed by atoms with Crippen molar-refractivity contribution in [1.29, 1.82) is 0 Å². The lowest BCUT2D eigenvalue weighted by atomic mass is 9.99. The predicted octanol–water partition coefficient (Wildman–Crippen LogP) is 1.34. The zero-order chi connectivity index (χ0) is 15.7. The van der Waals surface area contributed by atoms with Crippen molar-refractivity contribution < 1.29 is 36.2 Å². The summed E-state index contributed by atoms with van der Waals surface area (Å²) in [4.78, 5) is 10.4. The number of alkyl halides is 3. The fourth-order valence-corrected chi connectivity index (χ4v) is 1.92. The van der Waals surface area contributed by atoms with Crippen LogP contribution in [0.3, 0.4) is 0 Å². The molecule has 9 heteroatoms. The standard InChI is InChI=1S/C11H11F3O5S/c1-10(2,11(12,13)14)19-8-6(9(15)16)4-3-5-7(8)20(17)18/h3-5,8H,1-2H3,(H,15,16). The van der Waals surface area contributed by atoms with Gasteiger partial charge in [-0.15, -0.1) is 0 Å². The lowest BCUT2D eigenvalue weighted by Gasteiger charge is -2.33. The van der Waals surface area contributed by atoms with Crippen LogP contribution in [0.4, 0.5) is 13.2 Å². The van der Waals surface area contributed by atoms with Gasteiger partial charge in [0, 0.05) is 0 Å². The molecule has 0 aromatic carbocycles. The smallest absolute Gasteiger partial charge is 0.416 e. The SMILES string of the molecule is CC(C)(OC1C(C(=O)O)=CC=CC1=S(=O)=O)C(F)(F)F. The summed E-state index contributed by atoms with van der Waals surface area (Å²) in [5, 5.41) is 8.93. The van der Waals surface area contributed by atoms with Crippen LogP contribution in [-0.4, -0.2) is 42.2 Å². The lowest BCUT2D eigenvalue weighted by Crippen LogP contribution is -2.48. The average Bonchev–Trinajstić information content (AvgIpc) is 2.26. The first-order chi connectivity index (χ1) is 8.97. The first-order valence-electron chi connectivity index (χ1n) is 5.29. The number of carboxylic acids is 1. The van der Waals surface area contributed by atoms with Crippen LogP contribution in [0, 0.1) is 0 Å². The number of carbonyl (C=O) groups is 1. The second kappa shape index (κ2) is 5.41. The maximum Gasteiger partial charge on any atom is 0.416 e. The topological polar surface area (TPSA) is 80.7 Å². The Labute approximate surface area is 113 Å². The van der Waals surface area contributed by atoms with Crippen molar-refractivity contribution in [3.8, 4) is 0 Å². The van der Waals surface area contributed by atoms with Gasteiger partial charge in [0.05, 0.1) is 5.57 Å². The highest BCUT2D eigenvalue weighted by Gasteiger charge is 2.51. The summed E-state index contributed by atoms with van der Waals surface area (Å²) in [5.41, 5.74) is -3.29. The van der Waals surface area contributed by atoms with Gasteiger partial charge in [-0.1, -0.05) is 6.08 Å². The number of halogens is 3. The molecule has 0 fully saturated rings. The van der Waals surface area contributed by atoms with Gasteiger partial charge in [-0.2, -0.15) is 21.6 Å². The van der Waals surface area contributed by atoms with Gasteiger partial charge in [0.15, 0.2) is 5.60 Å². The van der Waals surface area contributed by atoms with E-state index in [9.17, 15) is 26.4 Å². The minimum absolute atomic E-state index is 0.567. The van der Waals surface area contributed by atoms with Crippen LogP contribution in [0.2, 0.25) is 0 Å². The van der Waals surface area contributed by atoms with Crippen molar-refractivity contribution in [2.45, 2.75) is 31.7 Å². The predicted molar refractivity (Wildman–Crippen MR) is 63.8 cm³/mol. The van der Waals surface area contributed by atoms with Crippen molar-refractivity contribution >= 4 is 21.1 Å². The molecule has 1 rings (SSSR count). The van der Waals surface area contributed by atoms with Gasteiger partial charge in [0.2, 0.25) is 10.3 Å². The lowest BCUT2D eigenvalue weighted by molar-refractivity contribution is -0.266. The van der Waals surface area contributed by atoms with Gasteiger partial charge in [-0.05, 0) is 26.0 Å². The monoisotopic (exact) mass is 312 g/mol. The molecule has 1 atom stereocenters. The molecule has 0 aliphatic heterocycles. The summed E-state index contributed by atoms with van der Waals surface area (Å²) in [6.07, 6.45) is -3.49. The minimum atomic E-state index is -4.78. The quantitative estimate of drug-likeness (QED) is 0.796. The van der Waals surface area contributed by atoms with E-state index in [1.165, 1.54) is 0 Å². The summed E-state index contributed by atoms with van der Waals surface area (Å²) in [6.45, 7) is 1.38. The fraction of sp³-hybridized carbons (Fsp3) is 0.455. The summed E-state index contributed by atoms with van der Waals surface area (Å²) < 4.78 is 65.0. The van der Waals surface area contributed by atoms with Crippen LogP contribution < -0.4 is 0 Å². The van der Waals surface area contributed by atoms with Crippen LogP contribution in [0.1, 0.15) is 13.8 Å². The Hall–Kier alpha value is -1.61. The van der Waals surface area contributed by atoms with Gasteiger partial charge >= 0.3 is 12.1 Å². The Morgan fingerprint density at radius 2 is 1.90 bits per heavy atom. The van der Waals surface area contributed by atoms with E-state index in [1.54, 1.807) is 0 Å². The van der Waals surface area contributed by atoms with E-state index in [-0.39, 0.29) is 0 Å². The van der Waals surface area contributed by atoms with E-state index < -0.39 is 44.6 Å². The Kier molecular flexibility index (Phi) is 4.45. The summed E-state index contributed by atoms with van der Waals surface area (Å²) in [6, 6.07) is 0. The molecule has 0 aromatic rings. The number of rotatable bonds is 3. The van der Waals surface area contributed by atoms with E-state index in [1.807, 2.05) is 0 Å². The Bertz CT molecular complexity index is 602. The van der Waals surface area contributed by atoms with Gasteiger partial charge in [0.1, 0.15) is 11.0 Å². The number of aliphatic carboxylic acids is 1. The molecule has 5 nitrogen and oxygen atoms in total. The molecule has 1 unspecified atom stereocenters. The second-order valence-electron chi connectivity index (χ2n) is 4.43. The molecule has 0 aromatic heterocycles. The number of carboxylic acid groups (broad SMARTS) is 1. The third-order valence-corrected chi connectivity index (χ3v) is 3.35. The van der Waals surface area contributed by atoms with E-state index in [4.69, 9.17) is 9.84 Å². The molecular formula is C11H11F3O5S. The first kappa shape index (κ1) is 16.4. The largest absolute Gasteiger partial charge is 0.478 e. The molecule has 0 amide bonds. The van der Waals surface area contributed by atoms with Gasteiger partial charge in [-0.25, -0.2) is 4.79 Å². The van der Waals surface area contributed by atoms with Crippen LogP contribution in [-0.2, 0) is 19.8 Å². The van der Waals surface area contributed by atoms with Crippen molar-refractivity contribution in [2.24, 2.45) is 0 Å². The molecule has 0 saturated carbocycles. The summed E-state index contributed by atoms with van der Waals surface area (Å²) in [7, 11) is -2.90. The van der Waals surface area contributed by atoms with E-state index in [0.29, 0.717) is 13.8 Å². The van der Waals surface area contributed by atoms with Crippen LogP contribution in [0.25, 0.3) is 0 Å². The van der Waals surface area contributed by atoms with Crippen LogP contribution in [0.5, 0.6) is 0 Å². The van der Waals surface area contributed by atoms with Gasteiger partial charge in [0.25, 0.3) is 0 Å². The number of hydrogen-bond donors (Lipinski definition) is 1. The molecule has 0 heterocycles. The van der Waals surface area contributed by atoms with Crippen molar-refractivity contribution in [3.63, 3.8) is 0 Å². The molecule has 0 bridgehead atoms. The van der Waals surface area contributed by atoms with Crippen molar-refractivity contribution in [3.05, 3.63) is 23.8 Å². The zero-order valence-corrected chi connectivity index (χ0v) is 11.2. The minimum Gasteiger partial charge on any atom is -0.478 e. The maximum atomic E-state index is 12.8. The Morgan fingerprint density at radius 3 is 2.30 bits per heavy atom. The molecule has 0 spiro atoms.